The van der Waals surface area contributed by atoms with E-state index in [1.807, 2.05) is 0 Å². The summed E-state index contributed by atoms with van der Waals surface area (Å²) < 4.78 is 10.2. The Morgan fingerprint density at radius 3 is 2.00 bits per heavy atom. The van der Waals surface area contributed by atoms with Gasteiger partial charge < -0.3 is 41.3 Å². The maximum atomic E-state index is 10.1. The first-order valence-corrected chi connectivity index (χ1v) is 6.72. The van der Waals surface area contributed by atoms with Gasteiger partial charge in [0.1, 0.15) is 24.1 Å². The molecule has 2 heterocycles. The fourth-order valence-corrected chi connectivity index (χ4v) is 0.851. The Kier molecular flexibility index (Phi) is 32.6. The average Bonchev–Trinajstić information content (AvgIpc) is 3.35. The van der Waals surface area contributed by atoms with Gasteiger partial charge in [-0.2, -0.15) is 4.68 Å². The van der Waals surface area contributed by atoms with Crippen molar-refractivity contribution in [3.8, 4) is 0 Å². The summed E-state index contributed by atoms with van der Waals surface area (Å²) in [5.41, 5.74) is 0. The number of nitrogens with one attached hydrogen (secondary N) is 1. The zero-order valence-corrected chi connectivity index (χ0v) is 22.8. The van der Waals surface area contributed by atoms with Crippen LogP contribution in [0, 0.1) is 20.2 Å². The summed E-state index contributed by atoms with van der Waals surface area (Å²) in [5.74, 6) is -0.535. The van der Waals surface area contributed by atoms with Gasteiger partial charge in [-0.3, -0.25) is 4.79 Å². The third-order valence-electron chi connectivity index (χ3n) is 1.71. The van der Waals surface area contributed by atoms with E-state index >= 15 is 0 Å². The number of rotatable bonds is 6. The molecule has 0 atom stereocenters. The van der Waals surface area contributed by atoms with Crippen LogP contribution in [0.2, 0.25) is 0 Å². The molecule has 29 heavy (non-hydrogen) atoms. The molecule has 1 N–H and O–H groups in total. The summed E-state index contributed by atoms with van der Waals surface area (Å²) in [6.07, 6.45) is 2.24. The summed E-state index contributed by atoms with van der Waals surface area (Å²) >= 11 is 4.96. The smallest absolute Gasteiger partial charge is 1.00 e. The van der Waals surface area contributed by atoms with E-state index in [9.17, 15) is 20.2 Å². The van der Waals surface area contributed by atoms with Crippen LogP contribution in [0.1, 0.15) is 1.43 Å². The first-order chi connectivity index (χ1) is 12.9. The van der Waals surface area contributed by atoms with Crippen molar-refractivity contribution in [3.05, 3.63) is 32.6 Å². The Morgan fingerprint density at radius 2 is 1.76 bits per heavy atom. The molecule has 154 valence electrons. The van der Waals surface area contributed by atoms with Crippen molar-refractivity contribution in [2.24, 2.45) is 0 Å². The molecule has 0 aromatic carbocycles. The van der Waals surface area contributed by atoms with Crippen molar-refractivity contribution in [3.63, 3.8) is 0 Å². The van der Waals surface area contributed by atoms with Gasteiger partial charge in [-0.15, -0.1) is 10.3 Å². The number of aromatic amines is 1. The Balaban J connectivity index is -0.0000000978. The molecule has 0 aliphatic heterocycles. The van der Waals surface area contributed by atoms with Gasteiger partial charge in [0, 0.05) is 14.2 Å². The minimum absolute atomic E-state index is 0. The van der Waals surface area contributed by atoms with Crippen LogP contribution in [0.4, 0.5) is 11.6 Å². The second-order valence-electron chi connectivity index (χ2n) is 3.47. The number of hydrogen-bond donors (Lipinski definition) is 1. The van der Waals surface area contributed by atoms with Gasteiger partial charge in [-0.05, 0) is 9.85 Å². The monoisotopic (exact) mass is 492 g/mol. The van der Waals surface area contributed by atoms with Crippen molar-refractivity contribution in [1.82, 2.24) is 30.4 Å². The van der Waals surface area contributed by atoms with E-state index in [4.69, 9.17) is 21.7 Å². The molecule has 0 aliphatic rings. The molecular weight excluding hydrogens is 478 g/mol. The first-order valence-electron chi connectivity index (χ1n) is 6.18. The number of alkyl halides is 1. The second-order valence-corrected chi connectivity index (χ2v) is 3.68. The molecule has 2 rings (SSSR count). The van der Waals surface area contributed by atoms with Gasteiger partial charge in [-0.25, -0.2) is 0 Å². The van der Waals surface area contributed by atoms with Crippen LogP contribution in [0.25, 0.3) is 0 Å². The van der Waals surface area contributed by atoms with Gasteiger partial charge in [0.05, 0.1) is 10.3 Å². The SMILES string of the molecule is COCCl.COCn1cc([N+](=O)[O-])nn1.O=CO[O-].O=[N+]([O-])c1cn[nH]n1.[H-].[K+].[K+]. The van der Waals surface area contributed by atoms with Gasteiger partial charge in [0.15, 0.2) is 6.20 Å². The summed E-state index contributed by atoms with van der Waals surface area (Å²) in [5, 5.41) is 43.5. The van der Waals surface area contributed by atoms with E-state index in [1.54, 1.807) is 7.11 Å². The van der Waals surface area contributed by atoms with Crippen molar-refractivity contribution < 1.29 is 138 Å². The van der Waals surface area contributed by atoms with Crippen molar-refractivity contribution in [2.45, 2.75) is 6.73 Å². The molecule has 20 heteroatoms. The molecule has 0 saturated heterocycles. The molecule has 0 amide bonds. The van der Waals surface area contributed by atoms with E-state index in [-0.39, 0.29) is 129 Å². The Labute approximate surface area is 254 Å². The molecular formula is C9H15ClK2N8O9. The molecule has 2 aromatic rings. The summed E-state index contributed by atoms with van der Waals surface area (Å²) in [7, 11) is 3.01. The van der Waals surface area contributed by atoms with Crippen LogP contribution >= 0.6 is 11.6 Å². The number of carbonyl (C=O) groups excluding carboxylic acids is 1. The largest absolute Gasteiger partial charge is 1.00 e. The third-order valence-corrected chi connectivity index (χ3v) is 1.93. The van der Waals surface area contributed by atoms with E-state index in [0.717, 1.165) is 6.20 Å². The predicted octanol–water partition coefficient (Wildman–Crippen LogP) is -7.11. The van der Waals surface area contributed by atoms with Crippen molar-refractivity contribution in [1.29, 1.82) is 0 Å². The molecule has 0 fully saturated rings. The standard InChI is InChI=1S/C4H6N4O3.C2H5ClO.C2H2N4O2.CH2O3.2K.H/c1-11-3-7-2-4(5-6-7)8(9)10;1-4-2-3;7-6(8)2-1-3-5-4-2;2-1-4-3;;;/h2H,3H2,1H3;2H2,1H3;1H,(H,3,4,5);1,3H;;;/q;;;;2*+1;-1/p-1. The van der Waals surface area contributed by atoms with Crippen molar-refractivity contribution >= 4 is 29.7 Å². The van der Waals surface area contributed by atoms with E-state index in [2.05, 4.69) is 40.1 Å². The van der Waals surface area contributed by atoms with Gasteiger partial charge in [0.2, 0.25) is 0 Å². The fourth-order valence-electron chi connectivity index (χ4n) is 0.851. The van der Waals surface area contributed by atoms with E-state index < -0.39 is 9.85 Å². The number of H-pyrrole nitrogens is 1. The van der Waals surface area contributed by atoms with Gasteiger partial charge >= 0.3 is 114 Å². The quantitative estimate of drug-likeness (QED) is 0.0987. The van der Waals surface area contributed by atoms with Crippen LogP contribution < -0.4 is 108 Å². The Hall–Kier alpha value is -0.00727. The van der Waals surface area contributed by atoms with Crippen LogP contribution in [-0.2, 0) is 25.9 Å². The maximum Gasteiger partial charge on any atom is 1.00 e. The number of aromatic nitrogens is 6. The average molecular weight is 493 g/mol. The zero-order valence-electron chi connectivity index (χ0n) is 16.8. The second kappa shape index (κ2) is 26.0. The van der Waals surface area contributed by atoms with Crippen LogP contribution in [0.15, 0.2) is 12.4 Å². The number of ether oxygens (including phenoxy) is 2. The number of halogens is 1. The third kappa shape index (κ3) is 22.5. The number of methoxy groups -OCH3 is 2. The number of nitrogens with zero attached hydrogens (tertiary/aromatic N) is 7. The Bertz CT molecular complexity index is 652. The number of carbonyl (C=O) groups is 1. The molecule has 0 saturated carbocycles. The van der Waals surface area contributed by atoms with Crippen molar-refractivity contribution in [2.75, 3.05) is 20.3 Å². The number of hydrogen-bond acceptors (Lipinski definition) is 13. The minimum atomic E-state index is -0.622. The molecule has 0 spiro atoms. The predicted molar refractivity (Wildman–Crippen MR) is 82.7 cm³/mol. The summed E-state index contributed by atoms with van der Waals surface area (Å²) in [6.45, 7) is -0.0131. The molecule has 0 aliphatic carbocycles. The van der Waals surface area contributed by atoms with Crippen LogP contribution in [-0.4, -0.2) is 67.0 Å². The van der Waals surface area contributed by atoms with Crippen LogP contribution in [0.5, 0.6) is 0 Å². The van der Waals surface area contributed by atoms with Gasteiger partial charge in [-0.1, -0.05) is 11.6 Å². The molecule has 0 unspecified atom stereocenters. The maximum absolute atomic E-state index is 10.1. The van der Waals surface area contributed by atoms with Crippen LogP contribution in [0.3, 0.4) is 0 Å². The minimum Gasteiger partial charge on any atom is -1.00 e. The zero-order chi connectivity index (χ0) is 21.1. The summed E-state index contributed by atoms with van der Waals surface area (Å²) in [6, 6.07) is 0.292. The van der Waals surface area contributed by atoms with Gasteiger partial charge in [0.25, 0.3) is 6.47 Å². The first kappa shape index (κ1) is 36.4. The summed E-state index contributed by atoms with van der Waals surface area (Å²) in [4.78, 5) is 29.8. The normalized spacial score (nSPS) is 8.00. The molecule has 2 aromatic heterocycles. The van der Waals surface area contributed by atoms with E-state index in [0.29, 0.717) is 6.07 Å². The molecule has 0 radical (unpaired) electrons. The number of nitro groups is 2. The topological polar surface area (TPSA) is 226 Å². The Morgan fingerprint density at radius 1 is 1.24 bits per heavy atom. The molecule has 17 nitrogen and oxygen atoms in total. The van der Waals surface area contributed by atoms with E-state index in [1.165, 1.54) is 18.0 Å². The fraction of sp³-hybridized carbons (Fsp3) is 0.444. The molecule has 0 bridgehead atoms.